The summed E-state index contributed by atoms with van der Waals surface area (Å²) in [6, 6.07) is -0.890. The van der Waals surface area contributed by atoms with Gasteiger partial charge in [0.1, 0.15) is 0 Å². The van der Waals surface area contributed by atoms with Crippen LogP contribution in [0.1, 0.15) is 16.9 Å². The quantitative estimate of drug-likeness (QED) is 0.728. The summed E-state index contributed by atoms with van der Waals surface area (Å²) in [6.45, 7) is -0.500. The van der Waals surface area contributed by atoms with Gasteiger partial charge in [0.05, 0.1) is 12.6 Å². The normalized spacial score (nSPS) is 12.8. The number of aliphatic hydroxyl groups excluding tert-OH is 1. The first-order valence-electron chi connectivity index (χ1n) is 5.73. The van der Waals surface area contributed by atoms with Crippen LogP contribution in [0.4, 0.5) is 14.6 Å². The molecule has 0 radical (unpaired) electrons. The van der Waals surface area contributed by atoms with Crippen LogP contribution in [0, 0.1) is 0 Å². The first-order chi connectivity index (χ1) is 9.51. The first kappa shape index (κ1) is 14.1. The van der Waals surface area contributed by atoms with Crippen LogP contribution < -0.4 is 5.32 Å². The van der Waals surface area contributed by atoms with E-state index in [0.29, 0.717) is 0 Å². The van der Waals surface area contributed by atoms with Gasteiger partial charge in [0.15, 0.2) is 17.2 Å². The molecular weight excluding hydrogens is 274 g/mol. The number of aliphatic hydroxyl groups is 1. The van der Waals surface area contributed by atoms with Gasteiger partial charge in [-0.25, -0.2) is 23.5 Å². The third-order valence-corrected chi connectivity index (χ3v) is 2.62. The molecule has 1 atom stereocenters. The molecule has 1 unspecified atom stereocenters. The largest absolute Gasteiger partial charge is 0.476 e. The molecule has 0 fully saturated rings. The Morgan fingerprint density at radius 1 is 1.50 bits per heavy atom. The van der Waals surface area contributed by atoms with Crippen molar-refractivity contribution >= 4 is 17.4 Å². The third-order valence-electron chi connectivity index (χ3n) is 2.62. The summed E-state index contributed by atoms with van der Waals surface area (Å²) >= 11 is 0. The van der Waals surface area contributed by atoms with Gasteiger partial charge >= 0.3 is 5.97 Å². The maximum atomic E-state index is 12.3. The lowest BCUT2D eigenvalue weighted by atomic mass is 10.2. The Labute approximate surface area is 111 Å². The molecule has 9 heteroatoms. The number of imidazole rings is 1. The number of nitrogens with zero attached hydrogens (tertiary/aromatic N) is 3. The van der Waals surface area contributed by atoms with E-state index in [1.807, 2.05) is 0 Å². The van der Waals surface area contributed by atoms with E-state index in [0.717, 1.165) is 0 Å². The van der Waals surface area contributed by atoms with Crippen LogP contribution in [0.2, 0.25) is 0 Å². The maximum absolute atomic E-state index is 12.3. The molecule has 2 rings (SSSR count). The fourth-order valence-electron chi connectivity index (χ4n) is 1.71. The molecule has 7 nitrogen and oxygen atoms in total. The van der Waals surface area contributed by atoms with Crippen molar-refractivity contribution in [1.82, 2.24) is 14.4 Å². The van der Waals surface area contributed by atoms with Gasteiger partial charge in [0.25, 0.3) is 0 Å². The van der Waals surface area contributed by atoms with Crippen molar-refractivity contribution < 1.29 is 23.8 Å². The van der Waals surface area contributed by atoms with E-state index in [1.54, 1.807) is 0 Å². The number of aromatic carboxylic acids is 1. The van der Waals surface area contributed by atoms with Crippen LogP contribution in [-0.2, 0) is 0 Å². The summed E-state index contributed by atoms with van der Waals surface area (Å²) in [7, 11) is 0. The zero-order valence-corrected chi connectivity index (χ0v) is 10.2. The van der Waals surface area contributed by atoms with E-state index in [4.69, 9.17) is 10.2 Å². The van der Waals surface area contributed by atoms with Crippen LogP contribution in [0.3, 0.4) is 0 Å². The highest BCUT2D eigenvalue weighted by Crippen LogP contribution is 2.16. The number of hydrogen-bond acceptors (Lipinski definition) is 5. The van der Waals surface area contributed by atoms with Crippen LogP contribution in [0.15, 0.2) is 18.6 Å². The molecule has 0 spiro atoms. The summed E-state index contributed by atoms with van der Waals surface area (Å²) in [5, 5.41) is 20.6. The lowest BCUT2D eigenvalue weighted by Gasteiger charge is -2.16. The van der Waals surface area contributed by atoms with Gasteiger partial charge in [-0.1, -0.05) is 0 Å². The lowest BCUT2D eigenvalue weighted by Crippen LogP contribution is -2.27. The molecule has 0 aliphatic carbocycles. The molecule has 2 heterocycles. The van der Waals surface area contributed by atoms with Gasteiger partial charge in [0, 0.05) is 25.0 Å². The summed E-state index contributed by atoms with van der Waals surface area (Å²) in [4.78, 5) is 18.6. The topological polar surface area (TPSA) is 99.8 Å². The fourth-order valence-corrected chi connectivity index (χ4v) is 1.71. The number of carboxylic acid groups (broad SMARTS) is 1. The smallest absolute Gasteiger partial charge is 0.356 e. The Morgan fingerprint density at radius 3 is 2.85 bits per heavy atom. The second-order valence-corrected chi connectivity index (χ2v) is 4.09. The highest BCUT2D eigenvalue weighted by atomic mass is 19.3. The molecular formula is C11H12F2N4O3. The highest BCUT2D eigenvalue weighted by Gasteiger charge is 2.18. The minimum Gasteiger partial charge on any atom is -0.476 e. The van der Waals surface area contributed by atoms with Crippen molar-refractivity contribution in [3.05, 3.63) is 24.3 Å². The summed E-state index contributed by atoms with van der Waals surface area (Å²) in [5.41, 5.74) is 0.00748. The molecule has 0 saturated heterocycles. The molecule has 2 aromatic rings. The predicted molar refractivity (Wildman–Crippen MR) is 65.1 cm³/mol. The fraction of sp³-hybridized carbons (Fsp3) is 0.364. The lowest BCUT2D eigenvalue weighted by molar-refractivity contribution is 0.0691. The van der Waals surface area contributed by atoms with Crippen molar-refractivity contribution in [2.45, 2.75) is 18.9 Å². The molecule has 0 amide bonds. The van der Waals surface area contributed by atoms with Gasteiger partial charge < -0.3 is 19.9 Å². The number of carboxylic acids is 1. The Morgan fingerprint density at radius 2 is 2.25 bits per heavy atom. The zero-order chi connectivity index (χ0) is 14.7. The van der Waals surface area contributed by atoms with E-state index in [-0.39, 0.29) is 17.2 Å². The molecule has 0 aliphatic heterocycles. The number of nitrogens with one attached hydrogen (secondary N) is 1. The number of rotatable bonds is 6. The molecule has 3 N–H and O–H groups in total. The SMILES string of the molecule is O=C(O)c1cn2ccnc(NC(CO)CC(F)F)c2n1. The van der Waals surface area contributed by atoms with E-state index in [9.17, 15) is 13.6 Å². The zero-order valence-electron chi connectivity index (χ0n) is 10.2. The number of halogens is 2. The van der Waals surface area contributed by atoms with Gasteiger partial charge in [-0.3, -0.25) is 0 Å². The van der Waals surface area contributed by atoms with Gasteiger partial charge in [-0.2, -0.15) is 0 Å². The Balaban J connectivity index is 2.31. The van der Waals surface area contributed by atoms with E-state index in [2.05, 4.69) is 15.3 Å². The molecule has 0 bridgehead atoms. The molecule has 0 aliphatic rings. The Kier molecular flexibility index (Phi) is 4.08. The summed E-state index contributed by atoms with van der Waals surface area (Å²) < 4.78 is 26.1. The molecule has 20 heavy (non-hydrogen) atoms. The second-order valence-electron chi connectivity index (χ2n) is 4.09. The number of aromatic nitrogens is 3. The number of anilines is 1. The third kappa shape index (κ3) is 2.99. The monoisotopic (exact) mass is 286 g/mol. The molecule has 0 saturated carbocycles. The molecule has 0 aromatic carbocycles. The minimum atomic E-state index is -2.58. The summed E-state index contributed by atoms with van der Waals surface area (Å²) in [5.74, 6) is -1.06. The summed E-state index contributed by atoms with van der Waals surface area (Å²) in [6.07, 6.45) is 1.02. The standard InChI is InChI=1S/C11H12F2N4O3/c12-8(13)3-6(5-18)15-9-10-16-7(11(19)20)4-17(10)2-1-14-9/h1-2,4,6,8,18H,3,5H2,(H,14,15)(H,19,20). The Hall–Kier alpha value is -2.29. The van der Waals surface area contributed by atoms with Crippen LogP contribution in [-0.4, -0.2) is 49.6 Å². The van der Waals surface area contributed by atoms with Crippen LogP contribution in [0.5, 0.6) is 0 Å². The van der Waals surface area contributed by atoms with Crippen molar-refractivity contribution in [3.63, 3.8) is 0 Å². The van der Waals surface area contributed by atoms with Crippen LogP contribution >= 0.6 is 0 Å². The minimum absolute atomic E-state index is 0.139. The van der Waals surface area contributed by atoms with Gasteiger partial charge in [0.2, 0.25) is 6.43 Å². The number of carbonyl (C=O) groups is 1. The van der Waals surface area contributed by atoms with Gasteiger partial charge in [-0.05, 0) is 0 Å². The average Bonchev–Trinajstić information content (AvgIpc) is 2.82. The molecule has 2 aromatic heterocycles. The van der Waals surface area contributed by atoms with Crippen LogP contribution in [0.25, 0.3) is 5.65 Å². The molecule has 108 valence electrons. The number of hydrogen-bond donors (Lipinski definition) is 3. The van der Waals surface area contributed by atoms with E-state index in [1.165, 1.54) is 23.0 Å². The second kappa shape index (κ2) is 5.78. The van der Waals surface area contributed by atoms with Crippen molar-refractivity contribution in [2.24, 2.45) is 0 Å². The first-order valence-corrected chi connectivity index (χ1v) is 5.73. The van der Waals surface area contributed by atoms with E-state index < -0.39 is 31.5 Å². The van der Waals surface area contributed by atoms with Crippen molar-refractivity contribution in [2.75, 3.05) is 11.9 Å². The Bertz CT molecular complexity index is 617. The average molecular weight is 286 g/mol. The number of alkyl halides is 2. The highest BCUT2D eigenvalue weighted by molar-refractivity contribution is 5.86. The van der Waals surface area contributed by atoms with Gasteiger partial charge in [-0.15, -0.1) is 0 Å². The predicted octanol–water partition coefficient (Wildman–Crippen LogP) is 0.855. The van der Waals surface area contributed by atoms with Crippen molar-refractivity contribution in [3.8, 4) is 0 Å². The number of fused-ring (bicyclic) bond motifs is 1. The van der Waals surface area contributed by atoms with Crippen molar-refractivity contribution in [1.29, 1.82) is 0 Å². The van der Waals surface area contributed by atoms with E-state index >= 15 is 0 Å². The maximum Gasteiger partial charge on any atom is 0.356 e.